The number of methoxy groups -OCH3 is 1. The summed E-state index contributed by atoms with van der Waals surface area (Å²) in [6.45, 7) is 2.69. The van der Waals surface area contributed by atoms with Crippen LogP contribution in [0, 0.1) is 0 Å². The number of aromatic nitrogens is 1. The minimum absolute atomic E-state index is 0.0236. The van der Waals surface area contributed by atoms with Crippen LogP contribution in [0.15, 0.2) is 30.5 Å². The van der Waals surface area contributed by atoms with Gasteiger partial charge >= 0.3 is 5.97 Å². The number of ether oxygens (including phenoxy) is 1. The van der Waals surface area contributed by atoms with E-state index in [4.69, 9.17) is 9.84 Å². The van der Waals surface area contributed by atoms with E-state index in [0.717, 1.165) is 23.0 Å². The number of carbonyl (C=O) groups is 1. The van der Waals surface area contributed by atoms with Crippen molar-refractivity contribution in [1.29, 1.82) is 0 Å². The van der Waals surface area contributed by atoms with Gasteiger partial charge in [0, 0.05) is 23.8 Å². The van der Waals surface area contributed by atoms with Gasteiger partial charge in [0.1, 0.15) is 17.8 Å². The zero-order chi connectivity index (χ0) is 14.5. The van der Waals surface area contributed by atoms with E-state index in [1.165, 1.54) is 0 Å². The number of hydrogen-bond donors (Lipinski definition) is 1. The number of pyridine rings is 1. The predicted molar refractivity (Wildman–Crippen MR) is 78.4 cm³/mol. The van der Waals surface area contributed by atoms with Gasteiger partial charge in [-0.3, -0.25) is 9.78 Å². The molecule has 2 rings (SSSR count). The second kappa shape index (κ2) is 6.23. The second-order valence-electron chi connectivity index (χ2n) is 4.50. The van der Waals surface area contributed by atoms with Gasteiger partial charge in [0.2, 0.25) is 0 Å². The minimum Gasteiger partial charge on any atom is -0.494 e. The topological polar surface area (TPSA) is 62.7 Å². The lowest BCUT2D eigenvalue weighted by atomic mass is 10.1. The fraction of sp³-hybridized carbons (Fsp3) is 0.333. The number of rotatable bonds is 6. The molecule has 0 atom stereocenters. The molecule has 20 heavy (non-hydrogen) atoms. The number of aliphatic carboxylic acids is 1. The van der Waals surface area contributed by atoms with E-state index in [1.54, 1.807) is 13.3 Å². The van der Waals surface area contributed by atoms with Gasteiger partial charge in [-0.05, 0) is 18.6 Å². The smallest absolute Gasteiger partial charge is 0.323 e. The lowest BCUT2D eigenvalue weighted by Gasteiger charge is -2.23. The molecule has 0 fully saturated rings. The molecule has 0 aliphatic heterocycles. The summed E-state index contributed by atoms with van der Waals surface area (Å²) in [5.41, 5.74) is 1.62. The Balaban J connectivity index is 2.54. The van der Waals surface area contributed by atoms with Crippen LogP contribution in [-0.2, 0) is 4.79 Å². The highest BCUT2D eigenvalue weighted by molar-refractivity contribution is 5.96. The van der Waals surface area contributed by atoms with Crippen molar-refractivity contribution in [3.63, 3.8) is 0 Å². The number of hydrogen-bond acceptors (Lipinski definition) is 4. The van der Waals surface area contributed by atoms with Gasteiger partial charge in [-0.15, -0.1) is 0 Å². The maximum Gasteiger partial charge on any atom is 0.323 e. The summed E-state index contributed by atoms with van der Waals surface area (Å²) in [4.78, 5) is 17.2. The minimum atomic E-state index is -0.841. The van der Waals surface area contributed by atoms with Gasteiger partial charge in [0.25, 0.3) is 0 Å². The molecule has 0 saturated heterocycles. The number of anilines is 1. The Labute approximate surface area is 117 Å². The van der Waals surface area contributed by atoms with E-state index in [2.05, 4.69) is 4.98 Å². The molecule has 0 bridgehead atoms. The summed E-state index contributed by atoms with van der Waals surface area (Å²) in [7, 11) is 1.60. The summed E-state index contributed by atoms with van der Waals surface area (Å²) >= 11 is 0. The van der Waals surface area contributed by atoms with Crippen molar-refractivity contribution in [3.8, 4) is 5.75 Å². The molecule has 0 saturated carbocycles. The summed E-state index contributed by atoms with van der Waals surface area (Å²) < 4.78 is 5.31. The van der Waals surface area contributed by atoms with E-state index in [0.29, 0.717) is 12.3 Å². The highest BCUT2D eigenvalue weighted by Crippen LogP contribution is 2.30. The second-order valence-corrected chi connectivity index (χ2v) is 4.50. The van der Waals surface area contributed by atoms with E-state index in [1.807, 2.05) is 36.1 Å². The fourth-order valence-corrected chi connectivity index (χ4v) is 2.29. The zero-order valence-electron chi connectivity index (χ0n) is 11.7. The van der Waals surface area contributed by atoms with Gasteiger partial charge in [-0.2, -0.15) is 0 Å². The molecule has 1 aromatic carbocycles. The molecule has 1 heterocycles. The maximum atomic E-state index is 11.0. The van der Waals surface area contributed by atoms with Crippen LogP contribution >= 0.6 is 0 Å². The quantitative estimate of drug-likeness (QED) is 0.877. The molecule has 0 amide bonds. The standard InChI is InChI=1S/C15H18N2O3/c1-3-9-17(10-14(18)19)12-7-8-16-15-11(12)5-4-6-13(15)20-2/h4-8H,3,9-10H2,1-2H3,(H,18,19). The van der Waals surface area contributed by atoms with Crippen molar-refractivity contribution in [1.82, 2.24) is 4.98 Å². The third-order valence-electron chi connectivity index (χ3n) is 3.09. The van der Waals surface area contributed by atoms with Gasteiger partial charge in [0.05, 0.1) is 7.11 Å². The Morgan fingerprint density at radius 1 is 1.40 bits per heavy atom. The number of para-hydroxylation sites is 1. The first kappa shape index (κ1) is 14.1. The van der Waals surface area contributed by atoms with Crippen molar-refractivity contribution in [2.45, 2.75) is 13.3 Å². The van der Waals surface area contributed by atoms with E-state index in [-0.39, 0.29) is 6.54 Å². The number of nitrogens with zero attached hydrogens (tertiary/aromatic N) is 2. The molecular formula is C15H18N2O3. The van der Waals surface area contributed by atoms with Crippen molar-refractivity contribution in [2.75, 3.05) is 25.1 Å². The Morgan fingerprint density at radius 2 is 2.20 bits per heavy atom. The largest absolute Gasteiger partial charge is 0.494 e. The average molecular weight is 274 g/mol. The highest BCUT2D eigenvalue weighted by Gasteiger charge is 2.14. The maximum absolute atomic E-state index is 11.0. The number of benzene rings is 1. The van der Waals surface area contributed by atoms with Crippen LogP contribution in [0.4, 0.5) is 5.69 Å². The highest BCUT2D eigenvalue weighted by atomic mass is 16.5. The molecule has 106 valence electrons. The molecule has 5 heteroatoms. The fourth-order valence-electron chi connectivity index (χ4n) is 2.29. The Kier molecular flexibility index (Phi) is 4.40. The molecule has 0 aliphatic carbocycles. The summed E-state index contributed by atoms with van der Waals surface area (Å²) in [6.07, 6.45) is 2.56. The molecule has 0 radical (unpaired) electrons. The van der Waals surface area contributed by atoms with Crippen molar-refractivity contribution >= 4 is 22.6 Å². The van der Waals surface area contributed by atoms with Crippen LogP contribution in [0.5, 0.6) is 5.75 Å². The van der Waals surface area contributed by atoms with E-state index in [9.17, 15) is 4.79 Å². The third kappa shape index (κ3) is 2.82. The van der Waals surface area contributed by atoms with Crippen LogP contribution in [0.2, 0.25) is 0 Å². The molecule has 0 aliphatic rings. The van der Waals surface area contributed by atoms with E-state index >= 15 is 0 Å². The predicted octanol–water partition coefficient (Wildman–Crippen LogP) is 2.54. The van der Waals surface area contributed by atoms with Gasteiger partial charge in [-0.25, -0.2) is 0 Å². The van der Waals surface area contributed by atoms with Gasteiger partial charge in [0.15, 0.2) is 0 Å². The number of carboxylic acid groups (broad SMARTS) is 1. The molecular weight excluding hydrogens is 256 g/mol. The summed E-state index contributed by atoms with van der Waals surface area (Å²) in [5.74, 6) is -0.151. The number of carboxylic acids is 1. The van der Waals surface area contributed by atoms with Gasteiger partial charge < -0.3 is 14.7 Å². The van der Waals surface area contributed by atoms with E-state index < -0.39 is 5.97 Å². The molecule has 2 aromatic rings. The van der Waals surface area contributed by atoms with Crippen LogP contribution in [0.1, 0.15) is 13.3 Å². The first-order valence-corrected chi connectivity index (χ1v) is 6.55. The molecule has 1 N–H and O–H groups in total. The number of fused-ring (bicyclic) bond motifs is 1. The molecule has 0 unspecified atom stereocenters. The monoisotopic (exact) mass is 274 g/mol. The Hall–Kier alpha value is -2.30. The summed E-state index contributed by atoms with van der Waals surface area (Å²) in [6, 6.07) is 7.52. The normalized spacial score (nSPS) is 10.5. The lowest BCUT2D eigenvalue weighted by molar-refractivity contribution is -0.135. The van der Waals surface area contributed by atoms with Crippen LogP contribution in [0.25, 0.3) is 10.9 Å². The molecule has 5 nitrogen and oxygen atoms in total. The Bertz CT molecular complexity index is 613. The molecule has 0 spiro atoms. The van der Waals surface area contributed by atoms with Crippen molar-refractivity contribution in [2.24, 2.45) is 0 Å². The summed E-state index contributed by atoms with van der Waals surface area (Å²) in [5, 5.41) is 9.97. The molecule has 1 aromatic heterocycles. The van der Waals surface area contributed by atoms with Gasteiger partial charge in [-0.1, -0.05) is 19.1 Å². The SMILES string of the molecule is CCCN(CC(=O)O)c1ccnc2c(OC)cccc12. The average Bonchev–Trinajstić information content (AvgIpc) is 2.45. The lowest BCUT2D eigenvalue weighted by Crippen LogP contribution is -2.30. The first-order valence-electron chi connectivity index (χ1n) is 6.55. The first-order chi connectivity index (χ1) is 9.67. The van der Waals surface area contributed by atoms with Crippen LogP contribution in [0.3, 0.4) is 0 Å². The van der Waals surface area contributed by atoms with Crippen molar-refractivity contribution in [3.05, 3.63) is 30.5 Å². The van der Waals surface area contributed by atoms with Crippen molar-refractivity contribution < 1.29 is 14.6 Å². The third-order valence-corrected chi connectivity index (χ3v) is 3.09. The zero-order valence-corrected chi connectivity index (χ0v) is 11.7. The Morgan fingerprint density at radius 3 is 2.85 bits per heavy atom. The van der Waals surface area contributed by atoms with Crippen LogP contribution < -0.4 is 9.64 Å². The van der Waals surface area contributed by atoms with Crippen LogP contribution in [-0.4, -0.2) is 36.3 Å².